The fourth-order valence-corrected chi connectivity index (χ4v) is 6.97. The first-order valence-corrected chi connectivity index (χ1v) is 14.5. The molecule has 0 bridgehead atoms. The topological polar surface area (TPSA) is 119 Å². The highest BCUT2D eigenvalue weighted by atomic mass is 79.9. The lowest BCUT2D eigenvalue weighted by Crippen LogP contribution is -2.51. The van der Waals surface area contributed by atoms with Crippen molar-refractivity contribution in [3.05, 3.63) is 86.6 Å². The summed E-state index contributed by atoms with van der Waals surface area (Å²) in [6.07, 6.45) is 1.94. The van der Waals surface area contributed by atoms with E-state index in [0.29, 0.717) is 33.8 Å². The zero-order valence-corrected chi connectivity index (χ0v) is 24.7. The lowest BCUT2D eigenvalue weighted by Gasteiger charge is -2.38. The Balaban J connectivity index is 1.52. The van der Waals surface area contributed by atoms with Gasteiger partial charge in [-0.15, -0.1) is 0 Å². The van der Waals surface area contributed by atoms with Gasteiger partial charge in [0.15, 0.2) is 0 Å². The van der Waals surface area contributed by atoms with Gasteiger partial charge in [-0.3, -0.25) is 19.7 Å². The summed E-state index contributed by atoms with van der Waals surface area (Å²) in [6.45, 7) is 0.556. The van der Waals surface area contributed by atoms with Gasteiger partial charge in [0.1, 0.15) is 22.7 Å². The highest BCUT2D eigenvalue weighted by molar-refractivity contribution is 9.10. The number of anilines is 2. The van der Waals surface area contributed by atoms with E-state index in [-0.39, 0.29) is 33.6 Å². The van der Waals surface area contributed by atoms with Gasteiger partial charge in [-0.25, -0.2) is 9.18 Å². The monoisotopic (exact) mass is 657 g/mol. The molecule has 0 radical (unpaired) electrons. The number of ether oxygens (including phenoxy) is 1. The van der Waals surface area contributed by atoms with Gasteiger partial charge in [0.25, 0.3) is 5.91 Å². The summed E-state index contributed by atoms with van der Waals surface area (Å²) in [5, 5.41) is 24.4. The molecule has 3 aromatic carbocycles. The van der Waals surface area contributed by atoms with Crippen LogP contribution in [0.1, 0.15) is 40.2 Å². The van der Waals surface area contributed by atoms with Crippen LogP contribution in [0.3, 0.4) is 0 Å². The molecule has 0 aromatic heterocycles. The second kappa shape index (κ2) is 10.6. The van der Waals surface area contributed by atoms with Gasteiger partial charge in [-0.05, 0) is 70.6 Å². The number of fused-ring (bicyclic) bond motifs is 2. The third kappa shape index (κ3) is 4.46. The molecule has 2 amide bonds. The lowest BCUT2D eigenvalue weighted by molar-refractivity contribution is -0.128. The van der Waals surface area contributed by atoms with E-state index in [9.17, 15) is 24.7 Å². The predicted octanol–water partition coefficient (Wildman–Crippen LogP) is 5.64. The highest BCUT2D eigenvalue weighted by Crippen LogP contribution is 2.59. The summed E-state index contributed by atoms with van der Waals surface area (Å²) >= 11 is 9.52. The predicted molar refractivity (Wildman–Crippen MR) is 156 cm³/mol. The molecule has 1 spiro atoms. The maximum atomic E-state index is 16.0. The Morgan fingerprint density at radius 2 is 1.98 bits per heavy atom. The first-order valence-electron chi connectivity index (χ1n) is 13.3. The molecule has 2 aliphatic heterocycles. The average molecular weight is 659 g/mol. The Kier molecular flexibility index (Phi) is 7.25. The number of methoxy groups -OCH3 is 1. The van der Waals surface area contributed by atoms with Crippen molar-refractivity contribution in [2.75, 3.05) is 30.6 Å². The van der Waals surface area contributed by atoms with Crippen LogP contribution in [0.2, 0.25) is 5.02 Å². The van der Waals surface area contributed by atoms with Gasteiger partial charge in [-0.1, -0.05) is 29.8 Å². The molecule has 42 heavy (non-hydrogen) atoms. The van der Waals surface area contributed by atoms with Crippen molar-refractivity contribution in [2.45, 2.75) is 24.3 Å². The average Bonchev–Trinajstić information content (AvgIpc) is 3.66. The molecular formula is C30H26BrClFN3O6. The Morgan fingerprint density at radius 3 is 2.67 bits per heavy atom. The molecule has 218 valence electrons. The van der Waals surface area contributed by atoms with E-state index in [1.807, 2.05) is 4.90 Å². The van der Waals surface area contributed by atoms with Gasteiger partial charge < -0.3 is 15.2 Å². The van der Waals surface area contributed by atoms with E-state index < -0.39 is 41.0 Å². The van der Waals surface area contributed by atoms with Crippen molar-refractivity contribution >= 4 is 56.7 Å². The quantitative estimate of drug-likeness (QED) is 0.222. The van der Waals surface area contributed by atoms with E-state index in [0.717, 1.165) is 12.8 Å². The van der Waals surface area contributed by atoms with Crippen molar-refractivity contribution in [3.63, 3.8) is 0 Å². The van der Waals surface area contributed by atoms with Crippen LogP contribution in [0, 0.1) is 17.7 Å². The number of benzene rings is 3. The summed E-state index contributed by atoms with van der Waals surface area (Å²) in [6, 6.07) is 13.5. The van der Waals surface area contributed by atoms with Gasteiger partial charge in [0.05, 0.1) is 23.2 Å². The second-order valence-corrected chi connectivity index (χ2v) is 12.1. The number of carboxylic acid groups (broad SMARTS) is 1. The van der Waals surface area contributed by atoms with Crippen molar-refractivity contribution in [1.82, 2.24) is 4.90 Å². The van der Waals surface area contributed by atoms with Gasteiger partial charge in [-0.2, -0.15) is 5.06 Å². The smallest absolute Gasteiger partial charge is 0.339 e. The van der Waals surface area contributed by atoms with Crippen molar-refractivity contribution in [3.8, 4) is 5.75 Å². The first kappa shape index (κ1) is 28.6. The number of hydrogen-bond donors (Lipinski definition) is 3. The minimum Gasteiger partial charge on any atom is -0.496 e. The van der Waals surface area contributed by atoms with Crippen molar-refractivity contribution in [1.29, 1.82) is 0 Å². The number of aromatic carboxylic acids is 1. The summed E-state index contributed by atoms with van der Waals surface area (Å²) in [4.78, 5) is 41.9. The summed E-state index contributed by atoms with van der Waals surface area (Å²) < 4.78 is 21.3. The molecule has 0 unspecified atom stereocenters. The third-order valence-electron chi connectivity index (χ3n) is 8.43. The summed E-state index contributed by atoms with van der Waals surface area (Å²) in [5.41, 5.74) is -0.439. The second-order valence-electron chi connectivity index (χ2n) is 10.8. The van der Waals surface area contributed by atoms with E-state index in [4.69, 9.17) is 16.3 Å². The number of rotatable bonds is 7. The molecule has 1 saturated carbocycles. The number of carbonyl (C=O) groups excluding carboxylic acids is 2. The molecule has 3 atom stereocenters. The molecule has 1 aliphatic carbocycles. The van der Waals surface area contributed by atoms with Crippen LogP contribution < -0.4 is 15.1 Å². The number of nitrogens with one attached hydrogen (secondary N) is 1. The van der Waals surface area contributed by atoms with Crippen LogP contribution in [0.4, 0.5) is 15.8 Å². The largest absolute Gasteiger partial charge is 0.496 e. The standard InChI is InChI=1S/C30H26BrClFN3O6/c1-42-24-12-17(8-9-18(24)28(38)39)36(41)27(37)20-14-35(13-15-5-6-15)30(25(20)19-3-2-4-22(31)26(19)33)21-10-7-16(32)11-23(21)34-29(30)40/h2-4,7-12,15,20,25,41H,5-6,13-14H2,1H3,(H,34,40)(H,38,39)/t20-,25+,30-/m1/s1. The first-order chi connectivity index (χ1) is 20.1. The van der Waals surface area contributed by atoms with Crippen LogP contribution in [-0.2, 0) is 15.1 Å². The summed E-state index contributed by atoms with van der Waals surface area (Å²) in [7, 11) is 1.28. The Morgan fingerprint density at radius 1 is 1.21 bits per heavy atom. The molecular weight excluding hydrogens is 633 g/mol. The number of carboxylic acids is 1. The molecule has 2 heterocycles. The lowest BCUT2D eigenvalue weighted by atomic mass is 9.71. The maximum Gasteiger partial charge on any atom is 0.339 e. The number of hydrogen-bond acceptors (Lipinski definition) is 6. The van der Waals surface area contributed by atoms with Crippen LogP contribution in [0.15, 0.2) is 59.1 Å². The van der Waals surface area contributed by atoms with Crippen LogP contribution in [0.25, 0.3) is 0 Å². The SMILES string of the molecule is COc1cc(N(O)C(=O)[C@@H]2CN(CC3CC3)[C@@]3(C(=O)Nc4cc(Cl)ccc43)[C@H]2c2cccc(Br)c2F)ccc1C(=O)O. The number of amides is 2. The van der Waals surface area contributed by atoms with Crippen molar-refractivity contribution in [2.24, 2.45) is 11.8 Å². The zero-order valence-electron chi connectivity index (χ0n) is 22.3. The maximum absolute atomic E-state index is 16.0. The Hall–Kier alpha value is -3.51. The minimum absolute atomic E-state index is 0.0342. The molecule has 12 heteroatoms. The van der Waals surface area contributed by atoms with Crippen LogP contribution >= 0.6 is 27.5 Å². The van der Waals surface area contributed by atoms with Gasteiger partial charge in [0, 0.05) is 41.3 Å². The molecule has 3 aliphatic rings. The Bertz CT molecular complexity index is 1630. The molecule has 9 nitrogen and oxygen atoms in total. The number of likely N-dealkylation sites (tertiary alicyclic amines) is 1. The Labute approximate surface area is 253 Å². The fourth-order valence-electron chi connectivity index (χ4n) is 6.42. The fraction of sp³-hybridized carbons (Fsp3) is 0.300. The number of hydroxylamine groups is 1. The summed E-state index contributed by atoms with van der Waals surface area (Å²) in [5.74, 6) is -4.89. The molecule has 6 rings (SSSR count). The molecule has 3 aromatic rings. The minimum atomic E-state index is -1.46. The van der Waals surface area contributed by atoms with E-state index in [1.165, 1.54) is 31.4 Å². The van der Waals surface area contributed by atoms with Gasteiger partial charge in [0.2, 0.25) is 5.91 Å². The highest BCUT2D eigenvalue weighted by Gasteiger charge is 2.66. The normalized spacial score (nSPS) is 23.1. The van der Waals surface area contributed by atoms with Crippen LogP contribution in [0.5, 0.6) is 5.75 Å². The van der Waals surface area contributed by atoms with E-state index in [2.05, 4.69) is 21.2 Å². The number of nitrogens with zero attached hydrogens (tertiary/aromatic N) is 2. The number of halogens is 3. The number of carbonyl (C=O) groups is 3. The van der Waals surface area contributed by atoms with Gasteiger partial charge >= 0.3 is 5.97 Å². The van der Waals surface area contributed by atoms with Crippen LogP contribution in [-0.4, -0.2) is 53.2 Å². The van der Waals surface area contributed by atoms with Crippen molar-refractivity contribution < 1.29 is 33.8 Å². The molecule has 1 saturated heterocycles. The zero-order chi connectivity index (χ0) is 29.9. The van der Waals surface area contributed by atoms with E-state index in [1.54, 1.807) is 30.3 Å². The molecule has 2 fully saturated rings. The third-order valence-corrected chi connectivity index (χ3v) is 9.28. The molecule has 3 N–H and O–H groups in total. The van der Waals surface area contributed by atoms with E-state index >= 15 is 4.39 Å².